The van der Waals surface area contributed by atoms with Crippen LogP contribution in [0.15, 0.2) is 61.1 Å². The van der Waals surface area contributed by atoms with Crippen molar-refractivity contribution in [3.8, 4) is 16.9 Å². The van der Waals surface area contributed by atoms with E-state index in [1.807, 2.05) is 35.0 Å². The fraction of sp³-hybridized carbons (Fsp3) is 0.333. The summed E-state index contributed by atoms with van der Waals surface area (Å²) in [7, 11) is 0. The van der Waals surface area contributed by atoms with Gasteiger partial charge in [0.2, 0.25) is 0 Å². The van der Waals surface area contributed by atoms with Gasteiger partial charge >= 0.3 is 0 Å². The smallest absolute Gasteiger partial charge is 0.0973 e. The Kier molecular flexibility index (Phi) is 5.58. The molecule has 0 spiro atoms. The van der Waals surface area contributed by atoms with Gasteiger partial charge in [-0.2, -0.15) is 5.10 Å². The van der Waals surface area contributed by atoms with Gasteiger partial charge in [-0.25, -0.2) is 4.68 Å². The molecule has 0 radical (unpaired) electrons. The molecule has 1 N–H and O–H groups in total. The number of nitrogens with zero attached hydrogens (tertiary/aromatic N) is 4. The molecule has 0 saturated carbocycles. The van der Waals surface area contributed by atoms with Crippen LogP contribution < -0.4 is 0 Å². The molecule has 3 heterocycles. The van der Waals surface area contributed by atoms with E-state index in [4.69, 9.17) is 9.84 Å². The lowest BCUT2D eigenvalue weighted by molar-refractivity contribution is 0.0958. The van der Waals surface area contributed by atoms with E-state index in [9.17, 15) is 5.11 Å². The first-order valence-electron chi connectivity index (χ1n) is 9.29. The van der Waals surface area contributed by atoms with E-state index in [-0.39, 0.29) is 12.5 Å². The molecule has 6 heteroatoms. The van der Waals surface area contributed by atoms with Gasteiger partial charge in [-0.15, -0.1) is 0 Å². The standard InChI is InChI=1S/C21H24N4O2/c26-15-17-12-24(10-11-27-16-17)13-19-14-25(20-4-2-1-3-5-20)23-21(19)18-6-8-22-9-7-18/h1-9,14,17,26H,10-13,15-16H2. The maximum atomic E-state index is 9.56. The maximum absolute atomic E-state index is 9.56. The Balaban J connectivity index is 1.66. The van der Waals surface area contributed by atoms with Crippen molar-refractivity contribution >= 4 is 0 Å². The molecule has 1 unspecified atom stereocenters. The summed E-state index contributed by atoms with van der Waals surface area (Å²) in [5.74, 6) is 0.154. The first-order chi connectivity index (χ1) is 13.3. The van der Waals surface area contributed by atoms with Gasteiger partial charge in [0.15, 0.2) is 0 Å². The fourth-order valence-corrected chi connectivity index (χ4v) is 3.44. The molecule has 0 aliphatic carbocycles. The molecule has 1 saturated heterocycles. The number of aliphatic hydroxyl groups is 1. The zero-order valence-electron chi connectivity index (χ0n) is 15.2. The number of para-hydroxylation sites is 1. The molecule has 27 heavy (non-hydrogen) atoms. The van der Waals surface area contributed by atoms with Crippen LogP contribution in [-0.2, 0) is 11.3 Å². The van der Waals surface area contributed by atoms with Gasteiger partial charge in [0.1, 0.15) is 0 Å². The molecule has 1 aliphatic rings. The highest BCUT2D eigenvalue weighted by atomic mass is 16.5. The fourth-order valence-electron chi connectivity index (χ4n) is 3.44. The van der Waals surface area contributed by atoms with Gasteiger partial charge in [0.25, 0.3) is 0 Å². The molecule has 1 aromatic carbocycles. The monoisotopic (exact) mass is 364 g/mol. The summed E-state index contributed by atoms with van der Waals surface area (Å²) >= 11 is 0. The number of pyridine rings is 1. The molecule has 4 rings (SSSR count). The Morgan fingerprint density at radius 3 is 2.70 bits per heavy atom. The Morgan fingerprint density at radius 2 is 1.93 bits per heavy atom. The third-order valence-electron chi connectivity index (χ3n) is 4.84. The summed E-state index contributed by atoms with van der Waals surface area (Å²) in [5, 5.41) is 14.4. The summed E-state index contributed by atoms with van der Waals surface area (Å²) in [6, 6.07) is 14.1. The predicted octanol–water partition coefficient (Wildman–Crippen LogP) is 2.38. The van der Waals surface area contributed by atoms with Crippen LogP contribution in [0.25, 0.3) is 16.9 Å². The number of rotatable bonds is 5. The van der Waals surface area contributed by atoms with Crippen molar-refractivity contribution in [1.82, 2.24) is 19.7 Å². The molecule has 1 aliphatic heterocycles. The van der Waals surface area contributed by atoms with Crippen molar-refractivity contribution in [2.45, 2.75) is 6.54 Å². The van der Waals surface area contributed by atoms with Crippen molar-refractivity contribution in [1.29, 1.82) is 0 Å². The molecular weight excluding hydrogens is 340 g/mol. The lowest BCUT2D eigenvalue weighted by Gasteiger charge is -2.22. The Hall–Kier alpha value is -2.54. The maximum Gasteiger partial charge on any atom is 0.0973 e. The van der Waals surface area contributed by atoms with Crippen LogP contribution in [0.1, 0.15) is 5.56 Å². The second-order valence-electron chi connectivity index (χ2n) is 6.88. The number of ether oxygens (including phenoxy) is 1. The quantitative estimate of drug-likeness (QED) is 0.753. The minimum Gasteiger partial charge on any atom is -0.396 e. The zero-order chi connectivity index (χ0) is 18.5. The van der Waals surface area contributed by atoms with Crippen molar-refractivity contribution in [2.24, 2.45) is 5.92 Å². The Morgan fingerprint density at radius 1 is 1.11 bits per heavy atom. The SMILES string of the molecule is OCC1COCCN(Cc2cn(-c3ccccc3)nc2-c2ccncc2)C1. The van der Waals surface area contributed by atoms with E-state index in [0.29, 0.717) is 13.2 Å². The van der Waals surface area contributed by atoms with Crippen LogP contribution in [0, 0.1) is 5.92 Å². The second kappa shape index (κ2) is 8.43. The number of hydrogen-bond acceptors (Lipinski definition) is 5. The molecular formula is C21H24N4O2. The number of hydrogen-bond donors (Lipinski definition) is 1. The largest absolute Gasteiger partial charge is 0.396 e. The molecule has 6 nitrogen and oxygen atoms in total. The van der Waals surface area contributed by atoms with E-state index in [2.05, 4.69) is 28.2 Å². The number of aliphatic hydroxyl groups excluding tert-OH is 1. The van der Waals surface area contributed by atoms with Gasteiger partial charge in [-0.3, -0.25) is 9.88 Å². The highest BCUT2D eigenvalue weighted by Crippen LogP contribution is 2.25. The topological polar surface area (TPSA) is 63.4 Å². The van der Waals surface area contributed by atoms with Crippen molar-refractivity contribution < 1.29 is 9.84 Å². The van der Waals surface area contributed by atoms with Crippen molar-refractivity contribution in [3.63, 3.8) is 0 Å². The molecule has 2 aromatic heterocycles. The average molecular weight is 364 g/mol. The normalized spacial score (nSPS) is 18.3. The summed E-state index contributed by atoms with van der Waals surface area (Å²) in [4.78, 5) is 6.46. The van der Waals surface area contributed by atoms with Crippen molar-refractivity contribution in [3.05, 3.63) is 66.6 Å². The lowest BCUT2D eigenvalue weighted by atomic mass is 10.1. The Labute approximate surface area is 159 Å². The lowest BCUT2D eigenvalue weighted by Crippen LogP contribution is -2.31. The third kappa shape index (κ3) is 4.24. The minimum atomic E-state index is 0.150. The molecule has 3 aromatic rings. The third-order valence-corrected chi connectivity index (χ3v) is 4.84. The molecule has 0 amide bonds. The van der Waals surface area contributed by atoms with Crippen LogP contribution in [0.4, 0.5) is 0 Å². The number of benzene rings is 1. The van der Waals surface area contributed by atoms with Gasteiger partial charge in [-0.05, 0) is 24.3 Å². The van der Waals surface area contributed by atoms with Crippen LogP contribution >= 0.6 is 0 Å². The van der Waals surface area contributed by atoms with Gasteiger partial charge < -0.3 is 9.84 Å². The summed E-state index contributed by atoms with van der Waals surface area (Å²) in [5.41, 5.74) is 4.21. The molecule has 140 valence electrons. The van der Waals surface area contributed by atoms with Crippen LogP contribution in [-0.4, -0.2) is 57.7 Å². The summed E-state index contributed by atoms with van der Waals surface area (Å²) in [6.45, 7) is 3.90. The van der Waals surface area contributed by atoms with Gasteiger partial charge in [0, 0.05) is 61.9 Å². The Bertz CT molecular complexity index is 851. The second-order valence-corrected chi connectivity index (χ2v) is 6.88. The van der Waals surface area contributed by atoms with Crippen LogP contribution in [0.5, 0.6) is 0 Å². The van der Waals surface area contributed by atoms with E-state index >= 15 is 0 Å². The van der Waals surface area contributed by atoms with E-state index in [0.717, 1.165) is 42.1 Å². The summed E-state index contributed by atoms with van der Waals surface area (Å²) in [6.07, 6.45) is 5.69. The first kappa shape index (κ1) is 17.9. The number of aromatic nitrogens is 3. The van der Waals surface area contributed by atoms with E-state index in [1.165, 1.54) is 0 Å². The highest BCUT2D eigenvalue weighted by Gasteiger charge is 2.21. The highest BCUT2D eigenvalue weighted by molar-refractivity contribution is 5.62. The van der Waals surface area contributed by atoms with Crippen LogP contribution in [0.3, 0.4) is 0 Å². The van der Waals surface area contributed by atoms with Gasteiger partial charge in [-0.1, -0.05) is 18.2 Å². The first-order valence-corrected chi connectivity index (χ1v) is 9.29. The molecule has 0 bridgehead atoms. The van der Waals surface area contributed by atoms with E-state index < -0.39 is 0 Å². The van der Waals surface area contributed by atoms with E-state index in [1.54, 1.807) is 12.4 Å². The average Bonchev–Trinajstić information content (AvgIpc) is 3.01. The zero-order valence-corrected chi connectivity index (χ0v) is 15.2. The predicted molar refractivity (Wildman–Crippen MR) is 103 cm³/mol. The summed E-state index contributed by atoms with van der Waals surface area (Å²) < 4.78 is 7.56. The van der Waals surface area contributed by atoms with Crippen LogP contribution in [0.2, 0.25) is 0 Å². The minimum absolute atomic E-state index is 0.150. The van der Waals surface area contributed by atoms with Gasteiger partial charge in [0.05, 0.1) is 24.6 Å². The molecule has 1 atom stereocenters. The van der Waals surface area contributed by atoms with Crippen molar-refractivity contribution in [2.75, 3.05) is 32.9 Å². The molecule has 1 fully saturated rings.